The van der Waals surface area contributed by atoms with Crippen LogP contribution in [0.3, 0.4) is 0 Å². The Kier molecular flexibility index (Phi) is 4.66. The lowest BCUT2D eigenvalue weighted by Gasteiger charge is -2.08. The maximum Gasteiger partial charge on any atom is 0.308 e. The minimum Gasteiger partial charge on any atom is -0.465 e. The number of rotatable bonds is 5. The highest BCUT2D eigenvalue weighted by molar-refractivity contribution is 7.09. The Morgan fingerprint density at radius 2 is 2.43 bits per heavy atom. The summed E-state index contributed by atoms with van der Waals surface area (Å²) in [5, 5.41) is 2.03. The smallest absolute Gasteiger partial charge is 0.308 e. The van der Waals surface area contributed by atoms with Crippen LogP contribution in [0, 0.1) is 5.92 Å². The van der Waals surface area contributed by atoms with E-state index < -0.39 is 0 Å². The molecule has 0 bridgehead atoms. The lowest BCUT2D eigenvalue weighted by atomic mass is 10.1. The van der Waals surface area contributed by atoms with Crippen LogP contribution in [0.5, 0.6) is 0 Å². The molecule has 0 unspecified atom stereocenters. The molecule has 0 saturated carbocycles. The molecule has 1 aromatic rings. The summed E-state index contributed by atoms with van der Waals surface area (Å²) >= 11 is 1.70. The summed E-state index contributed by atoms with van der Waals surface area (Å²) in [5.41, 5.74) is 0. The summed E-state index contributed by atoms with van der Waals surface area (Å²) < 4.78 is 5.14. The second-order valence-electron chi connectivity index (χ2n) is 3.31. The molecule has 1 rings (SSSR count). The molecule has 0 N–H and O–H groups in total. The Morgan fingerprint density at radius 1 is 1.64 bits per heavy atom. The molecule has 0 aliphatic carbocycles. The van der Waals surface area contributed by atoms with Gasteiger partial charge < -0.3 is 4.74 Å². The van der Waals surface area contributed by atoms with Crippen LogP contribution in [0.1, 0.15) is 25.1 Å². The fraction of sp³-hybridized carbons (Fsp3) is 0.545. The van der Waals surface area contributed by atoms with Crippen molar-refractivity contribution < 1.29 is 9.53 Å². The largest absolute Gasteiger partial charge is 0.465 e. The molecule has 1 aromatic heterocycles. The number of esters is 1. The van der Waals surface area contributed by atoms with Crippen molar-refractivity contribution in [2.45, 2.75) is 26.7 Å². The highest BCUT2D eigenvalue weighted by atomic mass is 32.1. The standard InChI is InChI=1S/C11H16O2S/c1-3-9(2)11(12)13-7-6-10-5-4-8-14-10/h4-5,8-9H,3,6-7H2,1-2H3/t9-/m1/s1. The first-order valence-electron chi connectivity index (χ1n) is 4.93. The molecule has 3 heteroatoms. The molecule has 0 amide bonds. The van der Waals surface area contributed by atoms with Crippen LogP contribution < -0.4 is 0 Å². The molecule has 0 fully saturated rings. The highest BCUT2D eigenvalue weighted by Crippen LogP contribution is 2.10. The van der Waals surface area contributed by atoms with E-state index in [1.54, 1.807) is 11.3 Å². The van der Waals surface area contributed by atoms with Crippen LogP contribution in [0.25, 0.3) is 0 Å². The molecule has 1 heterocycles. The van der Waals surface area contributed by atoms with Gasteiger partial charge in [0, 0.05) is 11.3 Å². The first-order chi connectivity index (χ1) is 6.74. The predicted octanol–water partition coefficient (Wildman–Crippen LogP) is 2.88. The van der Waals surface area contributed by atoms with Gasteiger partial charge in [-0.1, -0.05) is 19.9 Å². The van der Waals surface area contributed by atoms with Crippen LogP contribution in [0.15, 0.2) is 17.5 Å². The van der Waals surface area contributed by atoms with Gasteiger partial charge >= 0.3 is 5.97 Å². The quantitative estimate of drug-likeness (QED) is 0.701. The van der Waals surface area contributed by atoms with Gasteiger partial charge in [-0.2, -0.15) is 0 Å². The molecule has 0 radical (unpaired) electrons. The molecule has 0 saturated heterocycles. The van der Waals surface area contributed by atoms with Crippen molar-refractivity contribution in [2.24, 2.45) is 5.92 Å². The Morgan fingerprint density at radius 3 is 3.00 bits per heavy atom. The maximum absolute atomic E-state index is 11.3. The fourth-order valence-electron chi connectivity index (χ4n) is 1.02. The van der Waals surface area contributed by atoms with E-state index in [2.05, 4.69) is 6.07 Å². The Balaban J connectivity index is 2.18. The van der Waals surface area contributed by atoms with Crippen LogP contribution in [0.2, 0.25) is 0 Å². The number of ether oxygens (including phenoxy) is 1. The third-order valence-electron chi connectivity index (χ3n) is 2.19. The van der Waals surface area contributed by atoms with Crippen molar-refractivity contribution in [3.05, 3.63) is 22.4 Å². The summed E-state index contributed by atoms with van der Waals surface area (Å²) in [4.78, 5) is 12.5. The average Bonchev–Trinajstić information content (AvgIpc) is 2.69. The third-order valence-corrected chi connectivity index (χ3v) is 3.12. The summed E-state index contributed by atoms with van der Waals surface area (Å²) in [7, 11) is 0. The molecule has 0 aliphatic rings. The highest BCUT2D eigenvalue weighted by Gasteiger charge is 2.11. The normalized spacial score (nSPS) is 12.4. The van der Waals surface area contributed by atoms with Crippen molar-refractivity contribution in [1.29, 1.82) is 0 Å². The SMILES string of the molecule is CC[C@@H](C)C(=O)OCCc1cccs1. The van der Waals surface area contributed by atoms with Gasteiger partial charge in [-0.05, 0) is 17.9 Å². The lowest BCUT2D eigenvalue weighted by Crippen LogP contribution is -2.15. The van der Waals surface area contributed by atoms with Gasteiger partial charge in [0.15, 0.2) is 0 Å². The molecule has 0 aromatic carbocycles. The van der Waals surface area contributed by atoms with Crippen LogP contribution >= 0.6 is 11.3 Å². The van der Waals surface area contributed by atoms with Gasteiger partial charge in [-0.3, -0.25) is 4.79 Å². The monoisotopic (exact) mass is 212 g/mol. The topological polar surface area (TPSA) is 26.3 Å². The van der Waals surface area contributed by atoms with E-state index in [4.69, 9.17) is 4.74 Å². The van der Waals surface area contributed by atoms with Crippen molar-refractivity contribution >= 4 is 17.3 Å². The van der Waals surface area contributed by atoms with E-state index in [1.165, 1.54) is 4.88 Å². The van der Waals surface area contributed by atoms with E-state index >= 15 is 0 Å². The molecule has 78 valence electrons. The van der Waals surface area contributed by atoms with Crippen LogP contribution in [-0.2, 0) is 16.0 Å². The van der Waals surface area contributed by atoms with Gasteiger partial charge in [-0.25, -0.2) is 0 Å². The minimum absolute atomic E-state index is 0.0262. The van der Waals surface area contributed by atoms with E-state index in [-0.39, 0.29) is 11.9 Å². The van der Waals surface area contributed by atoms with Gasteiger partial charge in [-0.15, -0.1) is 11.3 Å². The molecule has 0 spiro atoms. The molecule has 2 nitrogen and oxygen atoms in total. The minimum atomic E-state index is -0.0796. The van der Waals surface area contributed by atoms with Gasteiger partial charge in [0.05, 0.1) is 12.5 Å². The first kappa shape index (κ1) is 11.2. The molecule has 0 aliphatic heterocycles. The average molecular weight is 212 g/mol. The zero-order valence-electron chi connectivity index (χ0n) is 8.66. The Bertz CT molecular complexity index is 267. The summed E-state index contributed by atoms with van der Waals surface area (Å²) in [6, 6.07) is 4.07. The molecular formula is C11H16O2S. The Hall–Kier alpha value is -0.830. The second-order valence-corrected chi connectivity index (χ2v) is 4.34. The zero-order valence-corrected chi connectivity index (χ0v) is 9.47. The van der Waals surface area contributed by atoms with E-state index in [1.807, 2.05) is 25.3 Å². The molecule has 1 atom stereocenters. The number of thiophene rings is 1. The third kappa shape index (κ3) is 3.50. The Labute approximate surface area is 88.9 Å². The maximum atomic E-state index is 11.3. The van der Waals surface area contributed by atoms with Gasteiger partial charge in [0.1, 0.15) is 0 Å². The predicted molar refractivity (Wildman–Crippen MR) is 58.4 cm³/mol. The molecular weight excluding hydrogens is 196 g/mol. The first-order valence-corrected chi connectivity index (χ1v) is 5.81. The van der Waals surface area contributed by atoms with Crippen LogP contribution in [0.4, 0.5) is 0 Å². The second kappa shape index (κ2) is 5.81. The summed E-state index contributed by atoms with van der Waals surface area (Å²) in [5.74, 6) is -0.0533. The number of carbonyl (C=O) groups excluding carboxylic acids is 1. The number of carbonyl (C=O) groups is 1. The van der Waals surface area contributed by atoms with E-state index in [0.717, 1.165) is 12.8 Å². The van der Waals surface area contributed by atoms with Crippen molar-refractivity contribution in [3.8, 4) is 0 Å². The van der Waals surface area contributed by atoms with Crippen molar-refractivity contribution in [3.63, 3.8) is 0 Å². The van der Waals surface area contributed by atoms with Crippen molar-refractivity contribution in [1.82, 2.24) is 0 Å². The number of hydrogen-bond acceptors (Lipinski definition) is 3. The van der Waals surface area contributed by atoms with Crippen molar-refractivity contribution in [2.75, 3.05) is 6.61 Å². The van der Waals surface area contributed by atoms with Crippen LogP contribution in [-0.4, -0.2) is 12.6 Å². The summed E-state index contributed by atoms with van der Waals surface area (Å²) in [6.45, 7) is 4.39. The summed E-state index contributed by atoms with van der Waals surface area (Å²) in [6.07, 6.45) is 1.68. The van der Waals surface area contributed by atoms with Gasteiger partial charge in [0.25, 0.3) is 0 Å². The molecule has 14 heavy (non-hydrogen) atoms. The van der Waals surface area contributed by atoms with Gasteiger partial charge in [0.2, 0.25) is 0 Å². The zero-order chi connectivity index (χ0) is 10.4. The van der Waals surface area contributed by atoms with E-state index in [0.29, 0.717) is 6.61 Å². The van der Waals surface area contributed by atoms with E-state index in [9.17, 15) is 4.79 Å². The lowest BCUT2D eigenvalue weighted by molar-refractivity contribution is -0.147. The number of hydrogen-bond donors (Lipinski definition) is 0. The fourth-order valence-corrected chi connectivity index (χ4v) is 1.71.